The SMILES string of the molecule is Cc1oc(C)c(S(=O)(=O)N2CCCC2CO)c1C(=O)O. The van der Waals surface area contributed by atoms with Crippen LogP contribution >= 0.6 is 0 Å². The fraction of sp³-hybridized carbons (Fsp3) is 0.583. The summed E-state index contributed by atoms with van der Waals surface area (Å²) < 4.78 is 31.6. The predicted octanol–water partition coefficient (Wildman–Crippen LogP) is 0.740. The molecule has 112 valence electrons. The predicted molar refractivity (Wildman–Crippen MR) is 69.1 cm³/mol. The van der Waals surface area contributed by atoms with E-state index in [9.17, 15) is 23.4 Å². The molecule has 0 aromatic carbocycles. The molecule has 0 spiro atoms. The highest BCUT2D eigenvalue weighted by Gasteiger charge is 2.40. The number of rotatable bonds is 4. The lowest BCUT2D eigenvalue weighted by atomic mass is 10.2. The first-order valence-electron chi connectivity index (χ1n) is 6.26. The first-order valence-corrected chi connectivity index (χ1v) is 7.70. The van der Waals surface area contributed by atoms with E-state index in [0.29, 0.717) is 12.8 Å². The van der Waals surface area contributed by atoms with Gasteiger partial charge in [0.25, 0.3) is 0 Å². The van der Waals surface area contributed by atoms with Gasteiger partial charge in [-0.2, -0.15) is 4.31 Å². The van der Waals surface area contributed by atoms with Gasteiger partial charge in [-0.1, -0.05) is 0 Å². The first kappa shape index (κ1) is 15.0. The van der Waals surface area contributed by atoms with Crippen LogP contribution in [-0.2, 0) is 10.0 Å². The first-order chi connectivity index (χ1) is 9.30. The van der Waals surface area contributed by atoms with Gasteiger partial charge in [-0.05, 0) is 26.7 Å². The number of aromatic carboxylic acids is 1. The molecule has 0 amide bonds. The molecule has 2 rings (SSSR count). The molecule has 1 aromatic heterocycles. The molecule has 0 saturated carbocycles. The van der Waals surface area contributed by atoms with Crippen LogP contribution in [0.2, 0.25) is 0 Å². The minimum atomic E-state index is -3.99. The van der Waals surface area contributed by atoms with Crippen molar-refractivity contribution in [3.8, 4) is 0 Å². The zero-order chi connectivity index (χ0) is 15.1. The number of carbonyl (C=O) groups is 1. The number of aryl methyl sites for hydroxylation is 2. The molecule has 1 aliphatic rings. The summed E-state index contributed by atoms with van der Waals surface area (Å²) in [5, 5.41) is 18.5. The van der Waals surface area contributed by atoms with E-state index in [1.54, 1.807) is 0 Å². The Balaban J connectivity index is 2.58. The van der Waals surface area contributed by atoms with Crippen molar-refractivity contribution < 1.29 is 27.8 Å². The smallest absolute Gasteiger partial charge is 0.340 e. The molecule has 1 aliphatic heterocycles. The Kier molecular flexibility index (Phi) is 3.90. The standard InChI is InChI=1S/C12H17NO6S/c1-7-10(12(15)16)11(8(2)19-7)20(17,18)13-5-3-4-9(13)6-14/h9,14H,3-6H2,1-2H3,(H,15,16). The summed E-state index contributed by atoms with van der Waals surface area (Å²) in [6.45, 7) is 2.84. The fourth-order valence-corrected chi connectivity index (χ4v) is 4.71. The van der Waals surface area contributed by atoms with Crippen LogP contribution in [0.5, 0.6) is 0 Å². The van der Waals surface area contributed by atoms with Crippen LogP contribution in [0.15, 0.2) is 9.31 Å². The van der Waals surface area contributed by atoms with Crippen LogP contribution in [0.1, 0.15) is 34.7 Å². The maximum Gasteiger partial charge on any atom is 0.340 e. The molecule has 2 N–H and O–H groups in total. The molecule has 0 radical (unpaired) electrons. The molecule has 0 aliphatic carbocycles. The number of nitrogens with zero attached hydrogens (tertiary/aromatic N) is 1. The Morgan fingerprint density at radius 2 is 2.05 bits per heavy atom. The summed E-state index contributed by atoms with van der Waals surface area (Å²) in [6.07, 6.45) is 1.21. The average Bonchev–Trinajstić information content (AvgIpc) is 2.93. The van der Waals surface area contributed by atoms with E-state index in [2.05, 4.69) is 0 Å². The molecule has 2 heterocycles. The highest BCUT2D eigenvalue weighted by Crippen LogP contribution is 2.32. The lowest BCUT2D eigenvalue weighted by molar-refractivity contribution is 0.0691. The van der Waals surface area contributed by atoms with E-state index in [0.717, 1.165) is 4.31 Å². The zero-order valence-electron chi connectivity index (χ0n) is 11.3. The van der Waals surface area contributed by atoms with Crippen LogP contribution in [-0.4, -0.2) is 48.1 Å². The minimum Gasteiger partial charge on any atom is -0.478 e. The van der Waals surface area contributed by atoms with E-state index < -0.39 is 22.0 Å². The lowest BCUT2D eigenvalue weighted by Gasteiger charge is -2.22. The Hall–Kier alpha value is -1.38. The van der Waals surface area contributed by atoms with Gasteiger partial charge in [0.15, 0.2) is 0 Å². The van der Waals surface area contributed by atoms with Gasteiger partial charge in [-0.15, -0.1) is 0 Å². The van der Waals surface area contributed by atoms with Gasteiger partial charge in [0.1, 0.15) is 22.0 Å². The second-order valence-electron chi connectivity index (χ2n) is 4.82. The van der Waals surface area contributed by atoms with Crippen molar-refractivity contribution in [1.82, 2.24) is 4.31 Å². The average molecular weight is 303 g/mol. The number of aliphatic hydroxyl groups excluding tert-OH is 1. The van der Waals surface area contributed by atoms with Crippen molar-refractivity contribution in [2.24, 2.45) is 0 Å². The van der Waals surface area contributed by atoms with Gasteiger partial charge < -0.3 is 14.6 Å². The molecule has 1 saturated heterocycles. The van der Waals surface area contributed by atoms with Gasteiger partial charge in [0.2, 0.25) is 10.0 Å². The number of aliphatic hydroxyl groups is 1. The fourth-order valence-electron chi connectivity index (χ4n) is 2.65. The van der Waals surface area contributed by atoms with Crippen molar-refractivity contribution in [2.45, 2.75) is 37.6 Å². The summed E-state index contributed by atoms with van der Waals surface area (Å²) in [6, 6.07) is -0.503. The van der Waals surface area contributed by atoms with Crippen LogP contribution < -0.4 is 0 Å². The zero-order valence-corrected chi connectivity index (χ0v) is 12.1. The number of hydrogen-bond donors (Lipinski definition) is 2. The number of furan rings is 1. The van der Waals surface area contributed by atoms with Crippen molar-refractivity contribution >= 4 is 16.0 Å². The van der Waals surface area contributed by atoms with Crippen LogP contribution in [0, 0.1) is 13.8 Å². The molecule has 1 fully saturated rings. The lowest BCUT2D eigenvalue weighted by Crippen LogP contribution is -2.38. The van der Waals surface area contributed by atoms with E-state index in [1.807, 2.05) is 0 Å². The quantitative estimate of drug-likeness (QED) is 0.849. The molecule has 20 heavy (non-hydrogen) atoms. The van der Waals surface area contributed by atoms with Gasteiger partial charge in [0.05, 0.1) is 6.61 Å². The molecule has 1 aromatic rings. The molecule has 8 heteroatoms. The van der Waals surface area contributed by atoms with E-state index in [-0.39, 0.29) is 35.1 Å². The second-order valence-corrected chi connectivity index (χ2v) is 6.65. The molecular formula is C12H17NO6S. The maximum atomic E-state index is 12.7. The molecule has 1 unspecified atom stereocenters. The van der Waals surface area contributed by atoms with Crippen molar-refractivity contribution in [2.75, 3.05) is 13.2 Å². The number of carboxylic acid groups (broad SMARTS) is 1. The van der Waals surface area contributed by atoms with Crippen molar-refractivity contribution in [1.29, 1.82) is 0 Å². The third kappa shape index (κ3) is 2.23. The molecule has 0 bridgehead atoms. The van der Waals surface area contributed by atoms with Crippen LogP contribution in [0.3, 0.4) is 0 Å². The van der Waals surface area contributed by atoms with Crippen LogP contribution in [0.25, 0.3) is 0 Å². The Morgan fingerprint density at radius 1 is 1.40 bits per heavy atom. The molecule has 7 nitrogen and oxygen atoms in total. The normalized spacial score (nSPS) is 20.4. The number of hydrogen-bond acceptors (Lipinski definition) is 5. The van der Waals surface area contributed by atoms with E-state index in [4.69, 9.17) is 4.42 Å². The number of carboxylic acids is 1. The van der Waals surface area contributed by atoms with Crippen molar-refractivity contribution in [3.05, 3.63) is 17.1 Å². The topological polar surface area (TPSA) is 108 Å². The Morgan fingerprint density at radius 3 is 2.60 bits per heavy atom. The van der Waals surface area contributed by atoms with Crippen LogP contribution in [0.4, 0.5) is 0 Å². The molecule has 1 atom stereocenters. The summed E-state index contributed by atoms with van der Waals surface area (Å²) in [4.78, 5) is 11.0. The maximum absolute atomic E-state index is 12.7. The second kappa shape index (κ2) is 5.19. The van der Waals surface area contributed by atoms with Gasteiger partial charge >= 0.3 is 5.97 Å². The summed E-state index contributed by atoms with van der Waals surface area (Å²) in [7, 11) is -3.99. The summed E-state index contributed by atoms with van der Waals surface area (Å²) in [5.41, 5.74) is -0.328. The van der Waals surface area contributed by atoms with Gasteiger partial charge in [0, 0.05) is 12.6 Å². The largest absolute Gasteiger partial charge is 0.478 e. The highest BCUT2D eigenvalue weighted by molar-refractivity contribution is 7.89. The minimum absolute atomic E-state index is 0.0588. The highest BCUT2D eigenvalue weighted by atomic mass is 32.2. The number of sulfonamides is 1. The van der Waals surface area contributed by atoms with E-state index >= 15 is 0 Å². The Labute approximate surface area is 116 Å². The Bertz CT molecular complexity index is 633. The summed E-state index contributed by atoms with van der Waals surface area (Å²) >= 11 is 0. The monoisotopic (exact) mass is 303 g/mol. The van der Waals surface area contributed by atoms with Gasteiger partial charge in [-0.25, -0.2) is 13.2 Å². The summed E-state index contributed by atoms with van der Waals surface area (Å²) in [5.74, 6) is -1.21. The molecular weight excluding hydrogens is 286 g/mol. The third-order valence-electron chi connectivity index (χ3n) is 3.52. The van der Waals surface area contributed by atoms with Crippen molar-refractivity contribution in [3.63, 3.8) is 0 Å². The van der Waals surface area contributed by atoms with E-state index in [1.165, 1.54) is 13.8 Å². The third-order valence-corrected chi connectivity index (χ3v) is 5.63. The van der Waals surface area contributed by atoms with Gasteiger partial charge in [-0.3, -0.25) is 0 Å².